The van der Waals surface area contributed by atoms with Crippen LogP contribution in [0.1, 0.15) is 38.4 Å². The first kappa shape index (κ1) is 14.5. The second kappa shape index (κ2) is 7.06. The average molecular weight is 264 g/mol. The fraction of sp³-hybridized carbons (Fsp3) is 0.800. The maximum Gasteiger partial charge on any atom is 0.122 e. The van der Waals surface area contributed by atoms with Crippen molar-refractivity contribution in [3.63, 3.8) is 0 Å². The molecular weight excluding hydrogens is 236 g/mol. The molecule has 4 heteroatoms. The Morgan fingerprint density at radius 1 is 1.42 bits per heavy atom. The lowest BCUT2D eigenvalue weighted by Gasteiger charge is -2.30. The van der Waals surface area contributed by atoms with Gasteiger partial charge in [0.1, 0.15) is 5.82 Å². The van der Waals surface area contributed by atoms with Gasteiger partial charge in [-0.15, -0.1) is 0 Å². The van der Waals surface area contributed by atoms with E-state index >= 15 is 0 Å². The van der Waals surface area contributed by atoms with Gasteiger partial charge in [-0.25, -0.2) is 4.98 Å². The van der Waals surface area contributed by atoms with Crippen LogP contribution in [0.4, 0.5) is 0 Å². The van der Waals surface area contributed by atoms with E-state index in [0.29, 0.717) is 0 Å². The van der Waals surface area contributed by atoms with E-state index in [1.807, 2.05) is 12.4 Å². The van der Waals surface area contributed by atoms with Crippen LogP contribution in [0.25, 0.3) is 0 Å². The topological polar surface area (TPSA) is 33.1 Å². The quantitative estimate of drug-likeness (QED) is 0.853. The van der Waals surface area contributed by atoms with Gasteiger partial charge in [0.05, 0.1) is 6.54 Å². The first-order valence-corrected chi connectivity index (χ1v) is 7.55. The minimum atomic E-state index is 0.732. The highest BCUT2D eigenvalue weighted by Gasteiger charge is 2.20. The molecule has 1 heterocycles. The standard InChI is InChI=1S/C15H28N4/c1-13-6-4-5-7-14(13)16-8-10-18(2)12-15-17-9-11-19(15)3/h9,11,13-14,16H,4-8,10,12H2,1-3H3. The summed E-state index contributed by atoms with van der Waals surface area (Å²) in [5, 5.41) is 3.73. The van der Waals surface area contributed by atoms with Crippen molar-refractivity contribution in [3.8, 4) is 0 Å². The average Bonchev–Trinajstić information content (AvgIpc) is 2.77. The minimum Gasteiger partial charge on any atom is -0.337 e. The van der Waals surface area contributed by atoms with Crippen LogP contribution in [0.2, 0.25) is 0 Å². The number of aromatic nitrogens is 2. The second-order valence-corrected chi connectivity index (χ2v) is 6.01. The van der Waals surface area contributed by atoms with Crippen molar-refractivity contribution in [2.24, 2.45) is 13.0 Å². The van der Waals surface area contributed by atoms with Crippen LogP contribution in [-0.2, 0) is 13.6 Å². The fourth-order valence-corrected chi connectivity index (χ4v) is 2.93. The Labute approximate surface area is 117 Å². The molecule has 0 saturated heterocycles. The number of nitrogens with one attached hydrogen (secondary N) is 1. The molecule has 0 bridgehead atoms. The molecule has 1 saturated carbocycles. The molecule has 1 aromatic rings. The largest absolute Gasteiger partial charge is 0.337 e. The third kappa shape index (κ3) is 4.32. The minimum absolute atomic E-state index is 0.732. The van der Waals surface area contributed by atoms with Crippen LogP contribution >= 0.6 is 0 Å². The van der Waals surface area contributed by atoms with Gasteiger partial charge in [0.25, 0.3) is 0 Å². The lowest BCUT2D eigenvalue weighted by atomic mass is 9.86. The van der Waals surface area contributed by atoms with Gasteiger partial charge in [0.15, 0.2) is 0 Å². The highest BCUT2D eigenvalue weighted by Crippen LogP contribution is 2.23. The zero-order valence-corrected chi connectivity index (χ0v) is 12.6. The van der Waals surface area contributed by atoms with Crippen LogP contribution in [-0.4, -0.2) is 40.6 Å². The molecule has 2 rings (SSSR count). The lowest BCUT2D eigenvalue weighted by molar-refractivity contribution is 0.256. The summed E-state index contributed by atoms with van der Waals surface area (Å²) in [4.78, 5) is 6.70. The van der Waals surface area contributed by atoms with Crippen molar-refractivity contribution >= 4 is 0 Å². The van der Waals surface area contributed by atoms with E-state index in [1.54, 1.807) is 0 Å². The van der Waals surface area contributed by atoms with Gasteiger partial charge in [0, 0.05) is 38.6 Å². The van der Waals surface area contributed by atoms with Crippen LogP contribution < -0.4 is 5.32 Å². The molecule has 1 fully saturated rings. The second-order valence-electron chi connectivity index (χ2n) is 6.01. The third-order valence-electron chi connectivity index (χ3n) is 4.34. The molecule has 2 unspecified atom stereocenters. The molecule has 19 heavy (non-hydrogen) atoms. The van der Waals surface area contributed by atoms with Crippen LogP contribution in [0, 0.1) is 5.92 Å². The zero-order valence-electron chi connectivity index (χ0n) is 12.6. The maximum absolute atomic E-state index is 4.37. The van der Waals surface area contributed by atoms with Gasteiger partial charge < -0.3 is 9.88 Å². The molecule has 2 atom stereocenters. The molecule has 108 valence electrons. The van der Waals surface area contributed by atoms with E-state index in [0.717, 1.165) is 37.4 Å². The fourth-order valence-electron chi connectivity index (χ4n) is 2.93. The van der Waals surface area contributed by atoms with Crippen molar-refractivity contribution in [3.05, 3.63) is 18.2 Å². The van der Waals surface area contributed by atoms with Gasteiger partial charge >= 0.3 is 0 Å². The van der Waals surface area contributed by atoms with Crippen molar-refractivity contribution in [2.45, 2.75) is 45.2 Å². The predicted octanol–water partition coefficient (Wildman–Crippen LogP) is 2.02. The summed E-state index contributed by atoms with van der Waals surface area (Å²) < 4.78 is 2.09. The molecule has 1 aliphatic rings. The van der Waals surface area contributed by atoms with E-state index < -0.39 is 0 Å². The van der Waals surface area contributed by atoms with Crippen molar-refractivity contribution < 1.29 is 0 Å². The summed E-state index contributed by atoms with van der Waals surface area (Å²) in [7, 11) is 4.22. The lowest BCUT2D eigenvalue weighted by Crippen LogP contribution is -2.41. The molecule has 4 nitrogen and oxygen atoms in total. The van der Waals surface area contributed by atoms with Crippen molar-refractivity contribution in [1.29, 1.82) is 0 Å². The van der Waals surface area contributed by atoms with Crippen molar-refractivity contribution in [1.82, 2.24) is 19.8 Å². The van der Waals surface area contributed by atoms with Gasteiger partial charge in [-0.3, -0.25) is 4.90 Å². The number of imidazole rings is 1. The number of hydrogen-bond donors (Lipinski definition) is 1. The summed E-state index contributed by atoms with van der Waals surface area (Å²) in [5.74, 6) is 1.97. The molecule has 0 spiro atoms. The molecule has 1 N–H and O–H groups in total. The Hall–Kier alpha value is -0.870. The summed E-state index contributed by atoms with van der Waals surface area (Å²) in [5.41, 5.74) is 0. The molecule has 0 aromatic carbocycles. The van der Waals surface area contributed by atoms with E-state index in [4.69, 9.17) is 0 Å². The van der Waals surface area contributed by atoms with Gasteiger partial charge in [-0.1, -0.05) is 19.8 Å². The van der Waals surface area contributed by atoms with Crippen LogP contribution in [0.15, 0.2) is 12.4 Å². The smallest absolute Gasteiger partial charge is 0.122 e. The Balaban J connectivity index is 1.66. The number of rotatable bonds is 6. The maximum atomic E-state index is 4.37. The Morgan fingerprint density at radius 3 is 2.89 bits per heavy atom. The molecular formula is C15H28N4. The Bertz CT molecular complexity index is 374. The summed E-state index contributed by atoms with van der Waals surface area (Å²) >= 11 is 0. The summed E-state index contributed by atoms with van der Waals surface area (Å²) in [6.45, 7) is 5.46. The van der Waals surface area contributed by atoms with Crippen LogP contribution in [0.5, 0.6) is 0 Å². The Morgan fingerprint density at radius 2 is 2.21 bits per heavy atom. The van der Waals surface area contributed by atoms with Crippen molar-refractivity contribution in [2.75, 3.05) is 20.1 Å². The first-order chi connectivity index (χ1) is 9.16. The van der Waals surface area contributed by atoms with Crippen LogP contribution in [0.3, 0.4) is 0 Å². The molecule has 0 aliphatic heterocycles. The molecule has 1 aliphatic carbocycles. The number of likely N-dealkylation sites (N-methyl/N-ethyl adjacent to an activating group) is 1. The third-order valence-corrected chi connectivity index (χ3v) is 4.34. The number of nitrogens with zero attached hydrogens (tertiary/aromatic N) is 3. The SMILES string of the molecule is CC1CCCCC1NCCN(C)Cc1nccn1C. The number of hydrogen-bond acceptors (Lipinski definition) is 3. The zero-order chi connectivity index (χ0) is 13.7. The highest BCUT2D eigenvalue weighted by atomic mass is 15.2. The van der Waals surface area contributed by atoms with Gasteiger partial charge in [-0.05, 0) is 25.8 Å². The Kier molecular flexibility index (Phi) is 5.40. The van der Waals surface area contributed by atoms with Gasteiger partial charge in [0.2, 0.25) is 0 Å². The monoisotopic (exact) mass is 264 g/mol. The predicted molar refractivity (Wildman–Crippen MR) is 79.0 cm³/mol. The van der Waals surface area contributed by atoms with E-state index in [9.17, 15) is 0 Å². The first-order valence-electron chi connectivity index (χ1n) is 7.55. The molecule has 0 amide bonds. The highest BCUT2D eigenvalue weighted by molar-refractivity contribution is 4.90. The van der Waals surface area contributed by atoms with Gasteiger partial charge in [-0.2, -0.15) is 0 Å². The van der Waals surface area contributed by atoms with E-state index in [1.165, 1.54) is 25.7 Å². The molecule has 0 radical (unpaired) electrons. The normalized spacial score (nSPS) is 24.0. The summed E-state index contributed by atoms with van der Waals surface area (Å²) in [6, 6.07) is 0.732. The van der Waals surface area contributed by atoms with E-state index in [-0.39, 0.29) is 0 Å². The van der Waals surface area contributed by atoms with E-state index in [2.05, 4.69) is 40.8 Å². The number of aryl methyl sites for hydroxylation is 1. The molecule has 1 aromatic heterocycles. The summed E-state index contributed by atoms with van der Waals surface area (Å²) in [6.07, 6.45) is 9.42.